The number of aromatic nitrogens is 1. The first-order valence-corrected chi connectivity index (χ1v) is 5.08. The normalized spacial score (nSPS) is 9.82. The minimum atomic E-state index is -0.941. The lowest BCUT2D eigenvalue weighted by Gasteiger charge is -2.06. The van der Waals surface area contributed by atoms with Gasteiger partial charge in [0.1, 0.15) is 5.69 Å². The highest BCUT2D eigenvalue weighted by atomic mass is 16.4. The molecule has 1 aromatic carbocycles. The Morgan fingerprint density at radius 2 is 2.00 bits per heavy atom. The number of hydrogen-bond acceptors (Lipinski definition) is 2. The topological polar surface area (TPSA) is 66.0 Å². The van der Waals surface area contributed by atoms with E-state index >= 15 is 0 Å². The summed E-state index contributed by atoms with van der Waals surface area (Å²) < 4.78 is 1.66. The van der Waals surface area contributed by atoms with Crippen molar-refractivity contribution in [3.63, 3.8) is 0 Å². The average molecular weight is 226 g/mol. The molecule has 4 nitrogen and oxygen atoms in total. The van der Waals surface area contributed by atoms with Crippen molar-refractivity contribution in [2.75, 3.05) is 0 Å². The molecule has 0 saturated heterocycles. The third-order valence-corrected chi connectivity index (χ3v) is 2.48. The third-order valence-electron chi connectivity index (χ3n) is 2.48. The minimum Gasteiger partial charge on any atom is -0.477 e. The van der Waals surface area contributed by atoms with Crippen molar-refractivity contribution in [1.29, 1.82) is 5.26 Å². The molecule has 0 saturated carbocycles. The summed E-state index contributed by atoms with van der Waals surface area (Å²) in [5.41, 5.74) is 1.82. The first kappa shape index (κ1) is 11.0. The molecule has 1 N–H and O–H groups in total. The van der Waals surface area contributed by atoms with Crippen molar-refractivity contribution >= 4 is 5.97 Å². The van der Waals surface area contributed by atoms with E-state index in [4.69, 9.17) is 10.4 Å². The zero-order valence-electron chi connectivity index (χ0n) is 9.00. The third kappa shape index (κ3) is 2.34. The Hall–Kier alpha value is -2.54. The average Bonchev–Trinajstić information content (AvgIpc) is 2.78. The van der Waals surface area contributed by atoms with E-state index in [9.17, 15) is 4.79 Å². The quantitative estimate of drug-likeness (QED) is 0.871. The van der Waals surface area contributed by atoms with E-state index in [-0.39, 0.29) is 5.69 Å². The fourth-order valence-corrected chi connectivity index (χ4v) is 1.63. The van der Waals surface area contributed by atoms with E-state index in [1.807, 2.05) is 18.2 Å². The molecule has 0 radical (unpaired) electrons. The van der Waals surface area contributed by atoms with Crippen molar-refractivity contribution in [2.24, 2.45) is 0 Å². The second kappa shape index (κ2) is 4.54. The van der Waals surface area contributed by atoms with Gasteiger partial charge in [-0.05, 0) is 29.8 Å². The van der Waals surface area contributed by atoms with E-state index in [0.717, 1.165) is 5.56 Å². The van der Waals surface area contributed by atoms with Crippen molar-refractivity contribution in [3.05, 3.63) is 59.4 Å². The molecule has 84 valence electrons. The van der Waals surface area contributed by atoms with Crippen LogP contribution in [0.3, 0.4) is 0 Å². The van der Waals surface area contributed by atoms with Gasteiger partial charge < -0.3 is 9.67 Å². The van der Waals surface area contributed by atoms with Gasteiger partial charge in [-0.3, -0.25) is 0 Å². The molecule has 0 atom stereocenters. The number of benzene rings is 1. The van der Waals surface area contributed by atoms with Crippen LogP contribution < -0.4 is 0 Å². The summed E-state index contributed by atoms with van der Waals surface area (Å²) in [4.78, 5) is 10.9. The number of nitrogens with zero attached hydrogens (tertiary/aromatic N) is 2. The summed E-state index contributed by atoms with van der Waals surface area (Å²) in [7, 11) is 0. The Morgan fingerprint density at radius 1 is 1.29 bits per heavy atom. The van der Waals surface area contributed by atoms with Gasteiger partial charge in [0.15, 0.2) is 0 Å². The van der Waals surface area contributed by atoms with Gasteiger partial charge in [0.05, 0.1) is 11.6 Å². The maximum absolute atomic E-state index is 10.9. The Balaban J connectivity index is 2.23. The summed E-state index contributed by atoms with van der Waals surface area (Å²) in [6.07, 6.45) is 1.72. The largest absolute Gasteiger partial charge is 0.477 e. The second-order valence-corrected chi connectivity index (χ2v) is 3.64. The monoisotopic (exact) mass is 226 g/mol. The first-order chi connectivity index (χ1) is 8.20. The van der Waals surface area contributed by atoms with Crippen LogP contribution >= 0.6 is 0 Å². The lowest BCUT2D eigenvalue weighted by molar-refractivity contribution is 0.0685. The molecular weight excluding hydrogens is 216 g/mol. The predicted molar refractivity (Wildman–Crippen MR) is 61.7 cm³/mol. The zero-order chi connectivity index (χ0) is 12.3. The molecule has 0 aliphatic carbocycles. The SMILES string of the molecule is N#Cc1ccc(Cn2cccc2C(=O)O)cc1. The lowest BCUT2D eigenvalue weighted by Crippen LogP contribution is -2.08. The maximum Gasteiger partial charge on any atom is 0.352 e. The number of aromatic carboxylic acids is 1. The number of hydrogen-bond donors (Lipinski definition) is 1. The maximum atomic E-state index is 10.9. The van der Waals surface area contributed by atoms with E-state index in [0.29, 0.717) is 12.1 Å². The van der Waals surface area contributed by atoms with Crippen molar-refractivity contribution in [2.45, 2.75) is 6.54 Å². The molecular formula is C13H10N2O2. The summed E-state index contributed by atoms with van der Waals surface area (Å²) in [5, 5.41) is 17.6. The van der Waals surface area contributed by atoms with Gasteiger partial charge in [-0.2, -0.15) is 5.26 Å². The molecule has 2 rings (SSSR count). The van der Waals surface area contributed by atoms with Gasteiger partial charge in [0.2, 0.25) is 0 Å². The fourth-order valence-electron chi connectivity index (χ4n) is 1.63. The van der Waals surface area contributed by atoms with Crippen LogP contribution in [0.5, 0.6) is 0 Å². The van der Waals surface area contributed by atoms with Gasteiger partial charge in [0, 0.05) is 12.7 Å². The lowest BCUT2D eigenvalue weighted by atomic mass is 10.1. The first-order valence-electron chi connectivity index (χ1n) is 5.08. The number of nitriles is 1. The van der Waals surface area contributed by atoms with Crippen LogP contribution in [0.2, 0.25) is 0 Å². The Kier molecular flexibility index (Phi) is 2.93. The van der Waals surface area contributed by atoms with Crippen molar-refractivity contribution < 1.29 is 9.90 Å². The number of rotatable bonds is 3. The highest BCUT2D eigenvalue weighted by Crippen LogP contribution is 2.09. The molecule has 0 aliphatic rings. The van der Waals surface area contributed by atoms with E-state index < -0.39 is 5.97 Å². The van der Waals surface area contributed by atoms with Crippen molar-refractivity contribution in [1.82, 2.24) is 4.57 Å². The van der Waals surface area contributed by atoms with Gasteiger partial charge >= 0.3 is 5.97 Å². The molecule has 0 fully saturated rings. The zero-order valence-corrected chi connectivity index (χ0v) is 9.00. The summed E-state index contributed by atoms with van der Waals surface area (Å²) in [6.45, 7) is 0.486. The summed E-state index contributed by atoms with van der Waals surface area (Å²) >= 11 is 0. The van der Waals surface area contributed by atoms with Gasteiger partial charge in [-0.1, -0.05) is 12.1 Å². The van der Waals surface area contributed by atoms with E-state index in [2.05, 4.69) is 0 Å². The molecule has 0 bridgehead atoms. The molecule has 1 heterocycles. The van der Waals surface area contributed by atoms with Gasteiger partial charge in [-0.15, -0.1) is 0 Å². The van der Waals surface area contributed by atoms with Crippen LogP contribution in [0.25, 0.3) is 0 Å². The van der Waals surface area contributed by atoms with Crippen LogP contribution in [0.4, 0.5) is 0 Å². The second-order valence-electron chi connectivity index (χ2n) is 3.64. The van der Waals surface area contributed by atoms with Gasteiger partial charge in [0.25, 0.3) is 0 Å². The number of carbonyl (C=O) groups is 1. The minimum absolute atomic E-state index is 0.259. The molecule has 17 heavy (non-hydrogen) atoms. The molecule has 2 aromatic rings. The van der Waals surface area contributed by atoms with Crippen LogP contribution in [0.15, 0.2) is 42.6 Å². The fraction of sp³-hybridized carbons (Fsp3) is 0.0769. The summed E-state index contributed by atoms with van der Waals surface area (Å²) in [6, 6.07) is 12.4. The van der Waals surface area contributed by atoms with E-state index in [1.165, 1.54) is 0 Å². The van der Waals surface area contributed by atoms with E-state index in [1.54, 1.807) is 35.0 Å². The molecule has 1 aromatic heterocycles. The van der Waals surface area contributed by atoms with Crippen LogP contribution in [0, 0.1) is 11.3 Å². The van der Waals surface area contributed by atoms with Crippen molar-refractivity contribution in [3.8, 4) is 6.07 Å². The predicted octanol–water partition coefficient (Wildman–Crippen LogP) is 2.11. The molecule has 0 amide bonds. The number of carboxylic acids is 1. The van der Waals surface area contributed by atoms with Crippen LogP contribution in [-0.2, 0) is 6.54 Å². The van der Waals surface area contributed by atoms with Crippen LogP contribution in [-0.4, -0.2) is 15.6 Å². The smallest absolute Gasteiger partial charge is 0.352 e. The molecule has 0 unspecified atom stereocenters. The van der Waals surface area contributed by atoms with Gasteiger partial charge in [-0.25, -0.2) is 4.79 Å². The van der Waals surface area contributed by atoms with Crippen LogP contribution in [0.1, 0.15) is 21.6 Å². The Labute approximate surface area is 98.4 Å². The number of carboxylic acid groups (broad SMARTS) is 1. The highest BCUT2D eigenvalue weighted by molar-refractivity contribution is 5.85. The Bertz CT molecular complexity index is 576. The summed E-state index contributed by atoms with van der Waals surface area (Å²) in [5.74, 6) is -0.941. The molecule has 0 spiro atoms. The highest BCUT2D eigenvalue weighted by Gasteiger charge is 2.08. The molecule has 0 aliphatic heterocycles. The standard InChI is InChI=1S/C13H10N2O2/c14-8-10-3-5-11(6-4-10)9-15-7-1-2-12(15)13(16)17/h1-7H,9H2,(H,16,17). The molecule has 4 heteroatoms. The Morgan fingerprint density at radius 3 is 2.59 bits per heavy atom.